The van der Waals surface area contributed by atoms with E-state index in [-0.39, 0.29) is 5.91 Å². The van der Waals surface area contributed by atoms with E-state index < -0.39 is 0 Å². The molecule has 1 amide bonds. The van der Waals surface area contributed by atoms with Gasteiger partial charge in [-0.3, -0.25) is 14.1 Å². The second kappa shape index (κ2) is 9.73. The van der Waals surface area contributed by atoms with Crippen LogP contribution < -0.4 is 0 Å². The number of hydrogen-bond donors (Lipinski definition) is 0. The van der Waals surface area contributed by atoms with Gasteiger partial charge in [0.2, 0.25) is 5.91 Å². The lowest BCUT2D eigenvalue weighted by molar-refractivity contribution is -0.132. The van der Waals surface area contributed by atoms with Gasteiger partial charge in [-0.15, -0.1) is 11.3 Å². The van der Waals surface area contributed by atoms with Crippen molar-refractivity contribution in [2.24, 2.45) is 0 Å². The number of amides is 1. The van der Waals surface area contributed by atoms with E-state index in [1.165, 1.54) is 11.1 Å². The average Bonchev–Trinajstić information content (AvgIpc) is 3.43. The summed E-state index contributed by atoms with van der Waals surface area (Å²) in [6.45, 7) is 6.38. The van der Waals surface area contributed by atoms with Crippen molar-refractivity contribution in [3.63, 3.8) is 0 Å². The molecule has 0 spiro atoms. The lowest BCUT2D eigenvalue weighted by Crippen LogP contribution is -2.49. The highest BCUT2D eigenvalue weighted by Gasteiger charge is 2.22. The molecule has 6 heteroatoms. The minimum Gasteiger partial charge on any atom is -0.340 e. The Labute approximate surface area is 198 Å². The first kappa shape index (κ1) is 21.6. The fraction of sp³-hybridized carbons (Fsp3) is 0.259. The van der Waals surface area contributed by atoms with Crippen molar-refractivity contribution in [1.29, 1.82) is 0 Å². The molecule has 0 radical (unpaired) electrons. The molecule has 5 nitrogen and oxygen atoms in total. The van der Waals surface area contributed by atoms with Crippen LogP contribution in [0.5, 0.6) is 0 Å². The molecule has 4 aromatic rings. The molecule has 0 aliphatic carbocycles. The van der Waals surface area contributed by atoms with E-state index in [1.807, 2.05) is 11.0 Å². The Hall–Kier alpha value is -3.22. The van der Waals surface area contributed by atoms with Gasteiger partial charge in [-0.1, -0.05) is 72.3 Å². The molecule has 1 aliphatic heterocycles. The van der Waals surface area contributed by atoms with Crippen LogP contribution in [-0.2, 0) is 11.2 Å². The zero-order valence-electron chi connectivity index (χ0n) is 18.9. The molecule has 0 unspecified atom stereocenters. The molecule has 1 fully saturated rings. The van der Waals surface area contributed by atoms with Gasteiger partial charge in [-0.05, 0) is 12.5 Å². The minimum atomic E-state index is 0.194. The van der Waals surface area contributed by atoms with Crippen molar-refractivity contribution in [2.45, 2.75) is 13.3 Å². The van der Waals surface area contributed by atoms with Crippen LogP contribution in [-0.4, -0.2) is 57.8 Å². The number of fused-ring (bicyclic) bond motifs is 1. The van der Waals surface area contributed by atoms with Crippen LogP contribution in [0, 0.1) is 6.92 Å². The Kier molecular flexibility index (Phi) is 6.37. The average molecular weight is 457 g/mol. The molecule has 0 bridgehead atoms. The van der Waals surface area contributed by atoms with Crippen LogP contribution in [0.2, 0.25) is 0 Å². The predicted octanol–water partition coefficient (Wildman–Crippen LogP) is 4.77. The Morgan fingerprint density at radius 2 is 1.79 bits per heavy atom. The van der Waals surface area contributed by atoms with Crippen LogP contribution in [0.1, 0.15) is 16.8 Å². The maximum absolute atomic E-state index is 13.0. The molecule has 0 N–H and O–H groups in total. The fourth-order valence-electron chi connectivity index (χ4n) is 4.17. The summed E-state index contributed by atoms with van der Waals surface area (Å²) < 4.78 is 2.07. The first-order valence-electron chi connectivity index (χ1n) is 11.4. The molecule has 33 heavy (non-hydrogen) atoms. The van der Waals surface area contributed by atoms with Gasteiger partial charge < -0.3 is 4.90 Å². The van der Waals surface area contributed by atoms with Crippen LogP contribution >= 0.6 is 11.3 Å². The third-order valence-electron chi connectivity index (χ3n) is 6.16. The topological polar surface area (TPSA) is 40.9 Å². The van der Waals surface area contributed by atoms with Crippen molar-refractivity contribution in [3.05, 3.63) is 89.1 Å². The van der Waals surface area contributed by atoms with Gasteiger partial charge in [0.05, 0.1) is 12.1 Å². The van der Waals surface area contributed by atoms with Crippen molar-refractivity contribution >= 4 is 28.3 Å². The third kappa shape index (κ3) is 5.07. The normalized spacial score (nSPS) is 15.0. The number of carbonyl (C=O) groups is 1. The maximum Gasteiger partial charge on any atom is 0.228 e. The van der Waals surface area contributed by atoms with E-state index in [2.05, 4.69) is 88.5 Å². The van der Waals surface area contributed by atoms with E-state index in [9.17, 15) is 4.79 Å². The monoisotopic (exact) mass is 456 g/mol. The molecule has 0 saturated carbocycles. The van der Waals surface area contributed by atoms with E-state index in [0.29, 0.717) is 6.42 Å². The van der Waals surface area contributed by atoms with E-state index in [4.69, 9.17) is 4.98 Å². The van der Waals surface area contributed by atoms with Crippen molar-refractivity contribution < 1.29 is 4.79 Å². The summed E-state index contributed by atoms with van der Waals surface area (Å²) in [6.07, 6.45) is 6.84. The molecule has 168 valence electrons. The number of aromatic nitrogens is 2. The zero-order chi connectivity index (χ0) is 22.6. The van der Waals surface area contributed by atoms with Gasteiger partial charge in [0.15, 0.2) is 4.96 Å². The number of carbonyl (C=O) groups excluding carboxylic acids is 1. The number of benzene rings is 2. The van der Waals surface area contributed by atoms with Crippen molar-refractivity contribution in [3.8, 4) is 11.3 Å². The van der Waals surface area contributed by atoms with Crippen LogP contribution in [0.4, 0.5) is 0 Å². The Morgan fingerprint density at radius 1 is 1.03 bits per heavy atom. The molecule has 2 aromatic heterocycles. The molecule has 2 aromatic carbocycles. The predicted molar refractivity (Wildman–Crippen MR) is 135 cm³/mol. The minimum absolute atomic E-state index is 0.194. The van der Waals surface area contributed by atoms with Crippen molar-refractivity contribution in [1.82, 2.24) is 19.2 Å². The molecular formula is C27H28N4OS. The van der Waals surface area contributed by atoms with Gasteiger partial charge in [-0.2, -0.15) is 0 Å². The van der Waals surface area contributed by atoms with Crippen LogP contribution in [0.3, 0.4) is 0 Å². The van der Waals surface area contributed by atoms with Gasteiger partial charge in [0, 0.05) is 55.6 Å². The number of thiazole rings is 1. The van der Waals surface area contributed by atoms with Crippen LogP contribution in [0.15, 0.2) is 72.3 Å². The van der Waals surface area contributed by atoms with E-state index in [1.54, 1.807) is 11.3 Å². The Morgan fingerprint density at radius 3 is 2.55 bits per heavy atom. The van der Waals surface area contributed by atoms with Gasteiger partial charge in [0.1, 0.15) is 0 Å². The molecular weight excluding hydrogens is 428 g/mol. The summed E-state index contributed by atoms with van der Waals surface area (Å²) in [4.78, 5) is 23.1. The number of imidazole rings is 1. The molecule has 0 atom stereocenters. The zero-order valence-corrected chi connectivity index (χ0v) is 19.7. The summed E-state index contributed by atoms with van der Waals surface area (Å²) in [6, 6.07) is 18.8. The second-order valence-electron chi connectivity index (χ2n) is 8.54. The van der Waals surface area contributed by atoms with Gasteiger partial charge in [0.25, 0.3) is 0 Å². The number of nitrogens with zero attached hydrogens (tertiary/aromatic N) is 4. The summed E-state index contributed by atoms with van der Waals surface area (Å²) in [7, 11) is 0. The Bertz CT molecular complexity index is 1250. The summed E-state index contributed by atoms with van der Waals surface area (Å²) in [5.41, 5.74) is 5.52. The quantitative estimate of drug-likeness (QED) is 0.420. The first-order chi connectivity index (χ1) is 16.2. The number of aryl methyl sites for hydroxylation is 1. The summed E-state index contributed by atoms with van der Waals surface area (Å²) in [5.74, 6) is 0.194. The van der Waals surface area contributed by atoms with E-state index in [0.717, 1.165) is 54.6 Å². The fourth-order valence-corrected chi connectivity index (χ4v) is 5.04. The summed E-state index contributed by atoms with van der Waals surface area (Å²) >= 11 is 1.59. The Balaban J connectivity index is 1.17. The van der Waals surface area contributed by atoms with Crippen LogP contribution in [0.25, 0.3) is 22.3 Å². The molecule has 1 saturated heterocycles. The maximum atomic E-state index is 13.0. The summed E-state index contributed by atoms with van der Waals surface area (Å²) in [5, 5.41) is 2.06. The SMILES string of the molecule is Cc1ccc(-c2cn3c(CC(=O)N4CCN(C/C=C/c5ccccc5)CC4)csc3n2)cc1. The van der Waals surface area contributed by atoms with Gasteiger partial charge in [-0.25, -0.2) is 4.98 Å². The van der Waals surface area contributed by atoms with Gasteiger partial charge >= 0.3 is 0 Å². The standard InChI is InChI=1S/C27H28N4OS/c1-21-9-11-23(12-10-21)25-19-31-24(20-33-27(31)28-25)18-26(32)30-16-14-29(15-17-30)13-5-8-22-6-3-2-4-7-22/h2-12,19-20H,13-18H2,1H3/b8-5+. The molecule has 5 rings (SSSR count). The lowest BCUT2D eigenvalue weighted by atomic mass is 10.1. The molecule has 3 heterocycles. The number of hydrogen-bond acceptors (Lipinski definition) is 4. The third-order valence-corrected chi connectivity index (χ3v) is 7.05. The smallest absolute Gasteiger partial charge is 0.228 e. The molecule has 1 aliphatic rings. The highest BCUT2D eigenvalue weighted by molar-refractivity contribution is 7.15. The second-order valence-corrected chi connectivity index (χ2v) is 9.38. The largest absolute Gasteiger partial charge is 0.340 e. The first-order valence-corrected chi connectivity index (χ1v) is 12.3. The highest BCUT2D eigenvalue weighted by Crippen LogP contribution is 2.24. The number of piperazine rings is 1. The van der Waals surface area contributed by atoms with E-state index >= 15 is 0 Å². The highest BCUT2D eigenvalue weighted by atomic mass is 32.1. The number of rotatable bonds is 6. The lowest BCUT2D eigenvalue weighted by Gasteiger charge is -2.34. The van der Waals surface area contributed by atoms with Crippen molar-refractivity contribution in [2.75, 3.05) is 32.7 Å².